The van der Waals surface area contributed by atoms with Crippen LogP contribution in [0.15, 0.2) is 97.7 Å². The van der Waals surface area contributed by atoms with E-state index in [4.69, 9.17) is 0 Å². The van der Waals surface area contributed by atoms with Crippen LogP contribution in [0.2, 0.25) is 0 Å². The molecule has 4 aromatic rings. The van der Waals surface area contributed by atoms with E-state index in [9.17, 15) is 0 Å². The van der Waals surface area contributed by atoms with Crippen molar-refractivity contribution >= 4 is 0 Å². The average Bonchev–Trinajstić information content (AvgIpc) is 2.87. The number of pyridine rings is 3. The molecule has 0 fully saturated rings. The summed E-state index contributed by atoms with van der Waals surface area (Å²) in [6, 6.07) is 22.9. The molecule has 0 aliphatic heterocycles. The van der Waals surface area contributed by atoms with Gasteiger partial charge in [-0.25, -0.2) is 0 Å². The highest BCUT2D eigenvalue weighted by Crippen LogP contribution is 2.16. The molecule has 1 aromatic carbocycles. The predicted molar refractivity (Wildman–Crippen MR) is 141 cm³/mol. The highest BCUT2D eigenvalue weighted by atomic mass is 15.2. The lowest BCUT2D eigenvalue weighted by Crippen LogP contribution is -2.22. The highest BCUT2D eigenvalue weighted by molar-refractivity contribution is 5.22. The molecule has 3 aromatic heterocycles. The molecule has 35 heavy (non-hydrogen) atoms. The lowest BCUT2D eigenvalue weighted by molar-refractivity contribution is 0.316. The normalized spacial score (nSPS) is 11.1. The number of hydrogen-bond donors (Lipinski definition) is 0. The van der Waals surface area contributed by atoms with Gasteiger partial charge in [-0.15, -0.1) is 0 Å². The van der Waals surface area contributed by atoms with Crippen molar-refractivity contribution in [3.63, 3.8) is 0 Å². The van der Waals surface area contributed by atoms with Crippen LogP contribution in [-0.4, -0.2) is 24.8 Å². The second kappa shape index (κ2) is 11.9. The van der Waals surface area contributed by atoms with E-state index in [1.807, 2.05) is 36.8 Å². The van der Waals surface area contributed by atoms with Gasteiger partial charge in [0, 0.05) is 37.5 Å². The third-order valence-electron chi connectivity index (χ3n) is 6.13. The molecule has 0 atom stereocenters. The molecule has 0 aliphatic rings. The van der Waals surface area contributed by atoms with Gasteiger partial charge in [0.2, 0.25) is 0 Å². The molecule has 5 nitrogen and oxygen atoms in total. The fraction of sp³-hybridized carbons (Fsp3) is 0.233. The van der Waals surface area contributed by atoms with Gasteiger partial charge in [0.05, 0.1) is 36.7 Å². The first kappa shape index (κ1) is 24.1. The SMILES string of the molecule is Cc1cccnc1CN(/C=C/N(Cc1ncccc1C)Cc1ncccc1C)Cc1ccccc1. The third kappa shape index (κ3) is 7.00. The molecular weight excluding hydrogens is 430 g/mol. The Morgan fingerprint density at radius 3 is 1.31 bits per heavy atom. The maximum atomic E-state index is 4.64. The number of nitrogens with zero attached hydrogens (tertiary/aromatic N) is 5. The minimum Gasteiger partial charge on any atom is -0.366 e. The summed E-state index contributed by atoms with van der Waals surface area (Å²) >= 11 is 0. The topological polar surface area (TPSA) is 45.2 Å². The number of rotatable bonds is 10. The van der Waals surface area contributed by atoms with Crippen molar-refractivity contribution in [2.24, 2.45) is 0 Å². The van der Waals surface area contributed by atoms with E-state index in [2.05, 4.69) is 106 Å². The number of hydrogen-bond acceptors (Lipinski definition) is 5. The van der Waals surface area contributed by atoms with Gasteiger partial charge in [-0.2, -0.15) is 0 Å². The van der Waals surface area contributed by atoms with Crippen molar-refractivity contribution in [3.8, 4) is 0 Å². The Hall–Kier alpha value is -3.99. The summed E-state index contributed by atoms with van der Waals surface area (Å²) < 4.78 is 0. The highest BCUT2D eigenvalue weighted by Gasteiger charge is 2.11. The van der Waals surface area contributed by atoms with Crippen molar-refractivity contribution in [1.82, 2.24) is 24.8 Å². The standard InChI is InChI=1S/C30H33N5/c1-24-10-7-15-31-28(24)21-34(20-27-13-5-4-6-14-27)18-19-35(22-29-25(2)11-8-16-32-29)23-30-26(3)12-9-17-33-30/h4-19H,20-23H2,1-3H3/b19-18+. The van der Waals surface area contributed by atoms with Crippen LogP contribution in [0, 0.1) is 20.8 Å². The Labute approximate surface area is 208 Å². The van der Waals surface area contributed by atoms with Gasteiger partial charge in [-0.1, -0.05) is 48.5 Å². The van der Waals surface area contributed by atoms with E-state index in [-0.39, 0.29) is 0 Å². The van der Waals surface area contributed by atoms with Crippen molar-refractivity contribution in [1.29, 1.82) is 0 Å². The Morgan fingerprint density at radius 1 is 0.514 bits per heavy atom. The van der Waals surface area contributed by atoms with Gasteiger partial charge in [-0.05, 0) is 61.2 Å². The van der Waals surface area contributed by atoms with Crippen LogP contribution >= 0.6 is 0 Å². The molecule has 0 N–H and O–H groups in total. The summed E-state index contributed by atoms with van der Waals surface area (Å²) in [5.74, 6) is 0. The largest absolute Gasteiger partial charge is 0.366 e. The zero-order valence-electron chi connectivity index (χ0n) is 20.8. The van der Waals surface area contributed by atoms with Crippen molar-refractivity contribution in [2.75, 3.05) is 0 Å². The Kier molecular flexibility index (Phi) is 8.23. The van der Waals surface area contributed by atoms with Gasteiger partial charge >= 0.3 is 0 Å². The van der Waals surface area contributed by atoms with Crippen molar-refractivity contribution < 1.29 is 0 Å². The van der Waals surface area contributed by atoms with Crippen LogP contribution in [-0.2, 0) is 26.2 Å². The molecule has 178 valence electrons. The first-order valence-electron chi connectivity index (χ1n) is 12.0. The molecule has 0 amide bonds. The van der Waals surface area contributed by atoms with Crippen LogP contribution < -0.4 is 0 Å². The molecule has 4 rings (SSSR count). The lowest BCUT2D eigenvalue weighted by atomic mass is 10.1. The fourth-order valence-electron chi connectivity index (χ4n) is 3.96. The minimum atomic E-state index is 0.709. The molecule has 0 spiro atoms. The average molecular weight is 464 g/mol. The monoisotopic (exact) mass is 463 g/mol. The predicted octanol–water partition coefficient (Wildman–Crippen LogP) is 5.97. The number of aryl methyl sites for hydroxylation is 3. The van der Waals surface area contributed by atoms with E-state index in [1.54, 1.807) is 0 Å². The van der Waals surface area contributed by atoms with Crippen LogP contribution in [0.25, 0.3) is 0 Å². The molecule has 3 heterocycles. The number of aromatic nitrogens is 3. The molecule has 0 saturated carbocycles. The lowest BCUT2D eigenvalue weighted by Gasteiger charge is -2.25. The minimum absolute atomic E-state index is 0.709. The maximum Gasteiger partial charge on any atom is 0.0625 e. The molecule has 0 saturated heterocycles. The summed E-state index contributed by atoms with van der Waals surface area (Å²) in [5.41, 5.74) is 8.06. The summed E-state index contributed by atoms with van der Waals surface area (Å²) in [6.45, 7) is 9.29. The molecule has 0 unspecified atom stereocenters. The zero-order valence-corrected chi connectivity index (χ0v) is 20.8. The van der Waals surface area contributed by atoms with Gasteiger partial charge in [0.25, 0.3) is 0 Å². The van der Waals surface area contributed by atoms with Crippen molar-refractivity contribution in [2.45, 2.75) is 47.0 Å². The van der Waals surface area contributed by atoms with Gasteiger partial charge < -0.3 is 9.80 Å². The van der Waals surface area contributed by atoms with Gasteiger partial charge in [0.15, 0.2) is 0 Å². The third-order valence-corrected chi connectivity index (χ3v) is 6.13. The molecule has 0 radical (unpaired) electrons. The summed E-state index contributed by atoms with van der Waals surface area (Å²) in [7, 11) is 0. The molecule has 0 bridgehead atoms. The Bertz CT molecular complexity index is 1200. The molecule has 5 heteroatoms. The van der Waals surface area contributed by atoms with E-state index >= 15 is 0 Å². The second-order valence-corrected chi connectivity index (χ2v) is 8.89. The summed E-state index contributed by atoms with van der Waals surface area (Å²) in [5, 5.41) is 0. The maximum absolute atomic E-state index is 4.64. The molecular formula is C30H33N5. The van der Waals surface area contributed by atoms with E-state index in [0.29, 0.717) is 13.1 Å². The first-order chi connectivity index (χ1) is 17.1. The number of benzene rings is 1. The quantitative estimate of drug-likeness (QED) is 0.290. The smallest absolute Gasteiger partial charge is 0.0625 e. The fourth-order valence-corrected chi connectivity index (χ4v) is 3.96. The Balaban J connectivity index is 1.61. The first-order valence-corrected chi connectivity index (χ1v) is 12.0. The van der Waals surface area contributed by atoms with E-state index < -0.39 is 0 Å². The van der Waals surface area contributed by atoms with Crippen LogP contribution in [0.3, 0.4) is 0 Å². The Morgan fingerprint density at radius 2 is 0.914 bits per heavy atom. The van der Waals surface area contributed by atoms with Crippen LogP contribution in [0.5, 0.6) is 0 Å². The zero-order chi connectivity index (χ0) is 24.5. The molecule has 0 aliphatic carbocycles. The van der Waals surface area contributed by atoms with Crippen LogP contribution in [0.4, 0.5) is 0 Å². The van der Waals surface area contributed by atoms with E-state index in [1.165, 1.54) is 22.3 Å². The van der Waals surface area contributed by atoms with Gasteiger partial charge in [0.1, 0.15) is 0 Å². The van der Waals surface area contributed by atoms with Crippen molar-refractivity contribution in [3.05, 3.63) is 137 Å². The second-order valence-electron chi connectivity index (χ2n) is 8.89. The summed E-state index contributed by atoms with van der Waals surface area (Å²) in [4.78, 5) is 18.5. The van der Waals surface area contributed by atoms with E-state index in [0.717, 1.165) is 30.2 Å². The summed E-state index contributed by atoms with van der Waals surface area (Å²) in [6.07, 6.45) is 9.94. The van der Waals surface area contributed by atoms with Gasteiger partial charge in [-0.3, -0.25) is 15.0 Å². The van der Waals surface area contributed by atoms with Crippen LogP contribution in [0.1, 0.15) is 39.3 Å².